The Labute approximate surface area is 112 Å². The van der Waals surface area contributed by atoms with Crippen molar-refractivity contribution in [3.05, 3.63) is 53.6 Å². The number of aryl methyl sites for hydroxylation is 1. The van der Waals surface area contributed by atoms with E-state index in [0.29, 0.717) is 0 Å². The van der Waals surface area contributed by atoms with Crippen molar-refractivity contribution in [2.24, 2.45) is 4.99 Å². The van der Waals surface area contributed by atoms with Crippen LogP contribution in [0.4, 0.5) is 5.69 Å². The van der Waals surface area contributed by atoms with E-state index in [9.17, 15) is 0 Å². The molecule has 0 atom stereocenters. The van der Waals surface area contributed by atoms with Crippen LogP contribution in [0.1, 0.15) is 24.5 Å². The van der Waals surface area contributed by atoms with Gasteiger partial charge in [-0.05, 0) is 34.2 Å². The van der Waals surface area contributed by atoms with E-state index in [-0.39, 0.29) is 0 Å². The van der Waals surface area contributed by atoms with Crippen LogP contribution in [-0.4, -0.2) is 6.21 Å². The second-order valence-corrected chi connectivity index (χ2v) is 5.19. The van der Waals surface area contributed by atoms with Crippen LogP contribution in [0, 0.1) is 0 Å². The Balaban J connectivity index is 2.25. The molecule has 4 rings (SSSR count). The third-order valence-electron chi connectivity index (χ3n) is 3.96. The highest BCUT2D eigenvalue weighted by Crippen LogP contribution is 2.40. The lowest BCUT2D eigenvalue weighted by atomic mass is 9.93. The maximum Gasteiger partial charge on any atom is 0.0721 e. The van der Waals surface area contributed by atoms with Crippen molar-refractivity contribution in [3.63, 3.8) is 0 Å². The highest BCUT2D eigenvalue weighted by atomic mass is 14.7. The fraction of sp³-hybridized carbons (Fsp3) is 0.167. The second kappa shape index (κ2) is 3.92. The van der Waals surface area contributed by atoms with Crippen molar-refractivity contribution in [2.75, 3.05) is 0 Å². The van der Waals surface area contributed by atoms with Gasteiger partial charge in [0, 0.05) is 17.2 Å². The SMILES string of the molecule is CCCc1ccc2c3c(cc4ccccc4c13)N=C2. The Bertz CT molecular complexity index is 828. The van der Waals surface area contributed by atoms with Crippen LogP contribution in [0.25, 0.3) is 21.5 Å². The van der Waals surface area contributed by atoms with Gasteiger partial charge in [-0.2, -0.15) is 0 Å². The summed E-state index contributed by atoms with van der Waals surface area (Å²) in [4.78, 5) is 4.57. The molecular weight excluding hydrogens is 230 g/mol. The molecule has 1 heterocycles. The van der Waals surface area contributed by atoms with Crippen LogP contribution in [0.15, 0.2) is 47.5 Å². The lowest BCUT2D eigenvalue weighted by Crippen LogP contribution is -1.90. The molecular formula is C18H15N. The molecule has 3 aromatic carbocycles. The van der Waals surface area contributed by atoms with Gasteiger partial charge in [0.1, 0.15) is 0 Å². The first-order chi connectivity index (χ1) is 9.38. The molecule has 0 unspecified atom stereocenters. The molecule has 1 aliphatic rings. The maximum absolute atomic E-state index is 4.57. The average Bonchev–Trinajstić information content (AvgIpc) is 2.85. The van der Waals surface area contributed by atoms with Gasteiger partial charge in [-0.15, -0.1) is 0 Å². The summed E-state index contributed by atoms with van der Waals surface area (Å²) in [5.74, 6) is 0. The summed E-state index contributed by atoms with van der Waals surface area (Å²) in [7, 11) is 0. The molecule has 0 aliphatic carbocycles. The molecule has 1 nitrogen and oxygen atoms in total. The summed E-state index contributed by atoms with van der Waals surface area (Å²) in [6.45, 7) is 2.24. The molecule has 19 heavy (non-hydrogen) atoms. The molecule has 1 aliphatic heterocycles. The van der Waals surface area contributed by atoms with E-state index >= 15 is 0 Å². The van der Waals surface area contributed by atoms with Crippen LogP contribution in [0.5, 0.6) is 0 Å². The van der Waals surface area contributed by atoms with Gasteiger partial charge in [-0.25, -0.2) is 0 Å². The highest BCUT2D eigenvalue weighted by Gasteiger charge is 2.15. The van der Waals surface area contributed by atoms with Crippen molar-refractivity contribution in [3.8, 4) is 0 Å². The summed E-state index contributed by atoms with van der Waals surface area (Å²) in [5.41, 5.74) is 3.84. The molecule has 0 N–H and O–H groups in total. The standard InChI is InChI=1S/C18H15N/c1-2-5-12-8-9-14-11-19-16-10-13-6-3-4-7-15(13)17(12)18(14)16/h3-4,6-11H,2,5H2,1H3. The molecule has 0 saturated carbocycles. The number of hydrogen-bond acceptors (Lipinski definition) is 1. The van der Waals surface area contributed by atoms with E-state index in [0.717, 1.165) is 12.1 Å². The third kappa shape index (κ3) is 1.45. The molecule has 0 fully saturated rings. The zero-order chi connectivity index (χ0) is 12.8. The van der Waals surface area contributed by atoms with Crippen molar-refractivity contribution in [1.82, 2.24) is 0 Å². The van der Waals surface area contributed by atoms with Crippen molar-refractivity contribution >= 4 is 33.4 Å². The minimum atomic E-state index is 1.13. The van der Waals surface area contributed by atoms with E-state index in [4.69, 9.17) is 0 Å². The number of nitrogens with zero attached hydrogens (tertiary/aromatic N) is 1. The number of aliphatic imine (C=N–C) groups is 1. The van der Waals surface area contributed by atoms with Gasteiger partial charge in [-0.3, -0.25) is 4.99 Å². The van der Waals surface area contributed by atoms with Gasteiger partial charge in [0.25, 0.3) is 0 Å². The number of fused-ring (bicyclic) bond motifs is 2. The van der Waals surface area contributed by atoms with Crippen LogP contribution in [0.2, 0.25) is 0 Å². The van der Waals surface area contributed by atoms with Crippen LogP contribution in [-0.2, 0) is 6.42 Å². The first kappa shape index (κ1) is 10.7. The number of benzene rings is 3. The average molecular weight is 245 g/mol. The Morgan fingerprint density at radius 3 is 2.79 bits per heavy atom. The smallest absolute Gasteiger partial charge is 0.0721 e. The topological polar surface area (TPSA) is 12.4 Å². The lowest BCUT2D eigenvalue weighted by molar-refractivity contribution is 0.930. The third-order valence-corrected chi connectivity index (χ3v) is 3.96. The predicted molar refractivity (Wildman–Crippen MR) is 82.7 cm³/mol. The Morgan fingerprint density at radius 2 is 1.89 bits per heavy atom. The largest absolute Gasteiger partial charge is 0.256 e. The zero-order valence-corrected chi connectivity index (χ0v) is 11.0. The molecule has 92 valence electrons. The summed E-state index contributed by atoms with van der Waals surface area (Å²) in [6.07, 6.45) is 4.30. The first-order valence-corrected chi connectivity index (χ1v) is 6.90. The van der Waals surface area contributed by atoms with Crippen LogP contribution < -0.4 is 0 Å². The van der Waals surface area contributed by atoms with Gasteiger partial charge in [0.15, 0.2) is 0 Å². The Morgan fingerprint density at radius 1 is 1.00 bits per heavy atom. The van der Waals surface area contributed by atoms with Crippen LogP contribution >= 0.6 is 0 Å². The molecule has 0 bridgehead atoms. The monoisotopic (exact) mass is 245 g/mol. The molecule has 1 heteroatoms. The number of rotatable bonds is 2. The normalized spacial score (nSPS) is 12.7. The molecule has 0 spiro atoms. The number of hydrogen-bond donors (Lipinski definition) is 0. The predicted octanol–water partition coefficient (Wildman–Crippen LogP) is 5.01. The quantitative estimate of drug-likeness (QED) is 0.440. The van der Waals surface area contributed by atoms with Crippen molar-refractivity contribution in [1.29, 1.82) is 0 Å². The zero-order valence-electron chi connectivity index (χ0n) is 11.0. The van der Waals surface area contributed by atoms with Crippen molar-refractivity contribution < 1.29 is 0 Å². The van der Waals surface area contributed by atoms with E-state index < -0.39 is 0 Å². The van der Waals surface area contributed by atoms with E-state index in [1.54, 1.807) is 0 Å². The van der Waals surface area contributed by atoms with Crippen LogP contribution in [0.3, 0.4) is 0 Å². The minimum absolute atomic E-state index is 1.13. The minimum Gasteiger partial charge on any atom is -0.256 e. The second-order valence-electron chi connectivity index (χ2n) is 5.19. The van der Waals surface area contributed by atoms with Crippen molar-refractivity contribution in [2.45, 2.75) is 19.8 Å². The fourth-order valence-electron chi connectivity index (χ4n) is 3.14. The highest BCUT2D eigenvalue weighted by molar-refractivity contribution is 6.21. The molecule has 0 radical (unpaired) electrons. The summed E-state index contributed by atoms with van der Waals surface area (Å²) in [6, 6.07) is 15.3. The van der Waals surface area contributed by atoms with Gasteiger partial charge in [-0.1, -0.05) is 49.7 Å². The Hall–Kier alpha value is -2.15. The summed E-state index contributed by atoms with van der Waals surface area (Å²) < 4.78 is 0. The maximum atomic E-state index is 4.57. The van der Waals surface area contributed by atoms with Gasteiger partial charge < -0.3 is 0 Å². The van der Waals surface area contributed by atoms with Gasteiger partial charge >= 0.3 is 0 Å². The van der Waals surface area contributed by atoms with Gasteiger partial charge in [0.2, 0.25) is 0 Å². The van der Waals surface area contributed by atoms with E-state index in [2.05, 4.69) is 54.4 Å². The molecule has 0 aromatic heterocycles. The molecule has 0 amide bonds. The van der Waals surface area contributed by atoms with Gasteiger partial charge in [0.05, 0.1) is 5.69 Å². The van der Waals surface area contributed by atoms with E-state index in [1.807, 2.05) is 6.21 Å². The summed E-state index contributed by atoms with van der Waals surface area (Å²) >= 11 is 0. The van der Waals surface area contributed by atoms with E-state index in [1.165, 1.54) is 39.1 Å². The Kier molecular flexibility index (Phi) is 2.22. The summed E-state index contributed by atoms with van der Waals surface area (Å²) in [5, 5.41) is 5.39. The molecule has 0 saturated heterocycles. The fourth-order valence-corrected chi connectivity index (χ4v) is 3.14. The lowest BCUT2D eigenvalue weighted by Gasteiger charge is -2.11. The first-order valence-electron chi connectivity index (χ1n) is 6.90. The molecule has 3 aromatic rings.